The molecule has 0 atom stereocenters. The molecule has 2 aromatic carbocycles. The van der Waals surface area contributed by atoms with Crippen molar-refractivity contribution >= 4 is 9.84 Å². The van der Waals surface area contributed by atoms with E-state index in [-0.39, 0.29) is 10.8 Å². The molecular weight excluding hydrogens is 328 g/mol. The summed E-state index contributed by atoms with van der Waals surface area (Å²) in [5.74, 6) is 0. The van der Waals surface area contributed by atoms with Crippen molar-refractivity contribution in [3.05, 3.63) is 58.7 Å². The lowest BCUT2D eigenvalue weighted by molar-refractivity contribution is 0.582. The second kappa shape index (κ2) is 6.28. The van der Waals surface area contributed by atoms with Crippen LogP contribution in [-0.2, 0) is 20.7 Å². The van der Waals surface area contributed by atoms with E-state index in [1.54, 1.807) is 12.1 Å². The standard InChI is InChI=1S/C22H30O2S/c1-15-13-17(21(3,4)5)9-11-19(15)25(23,24)20-12-10-18(14-16(20)2)22(6,7)8/h9-14H,1-8H3. The van der Waals surface area contributed by atoms with Gasteiger partial charge in [0.2, 0.25) is 9.84 Å². The number of hydrogen-bond acceptors (Lipinski definition) is 2. The lowest BCUT2D eigenvalue weighted by Crippen LogP contribution is -2.14. The van der Waals surface area contributed by atoms with Crippen molar-refractivity contribution in [2.24, 2.45) is 0 Å². The Morgan fingerprint density at radius 1 is 0.640 bits per heavy atom. The first-order valence-electron chi connectivity index (χ1n) is 8.72. The minimum atomic E-state index is -3.52. The molecule has 2 aromatic rings. The van der Waals surface area contributed by atoms with Crippen LogP contribution in [0.3, 0.4) is 0 Å². The summed E-state index contributed by atoms with van der Waals surface area (Å²) in [6, 6.07) is 11.3. The highest BCUT2D eigenvalue weighted by molar-refractivity contribution is 7.91. The molecule has 0 spiro atoms. The highest BCUT2D eigenvalue weighted by Crippen LogP contribution is 2.32. The second-order valence-corrected chi connectivity index (χ2v) is 10.9. The van der Waals surface area contributed by atoms with Crippen LogP contribution in [0.1, 0.15) is 63.8 Å². The van der Waals surface area contributed by atoms with E-state index in [1.165, 1.54) is 0 Å². The predicted molar refractivity (Wildman–Crippen MR) is 105 cm³/mol. The zero-order valence-corrected chi connectivity index (χ0v) is 17.5. The van der Waals surface area contributed by atoms with E-state index < -0.39 is 9.84 Å². The van der Waals surface area contributed by atoms with Crippen molar-refractivity contribution in [3.63, 3.8) is 0 Å². The molecule has 0 saturated heterocycles. The van der Waals surface area contributed by atoms with Gasteiger partial charge in [0.15, 0.2) is 0 Å². The van der Waals surface area contributed by atoms with Crippen LogP contribution >= 0.6 is 0 Å². The molecule has 0 aliphatic rings. The lowest BCUT2D eigenvalue weighted by Gasteiger charge is -2.22. The van der Waals surface area contributed by atoms with E-state index >= 15 is 0 Å². The number of aryl methyl sites for hydroxylation is 2. The van der Waals surface area contributed by atoms with Crippen LogP contribution in [-0.4, -0.2) is 8.42 Å². The van der Waals surface area contributed by atoms with E-state index in [0.29, 0.717) is 9.79 Å². The first-order valence-corrected chi connectivity index (χ1v) is 10.2. The summed E-state index contributed by atoms with van der Waals surface area (Å²) in [6.45, 7) is 16.5. The van der Waals surface area contributed by atoms with E-state index in [1.807, 2.05) is 38.1 Å². The molecule has 0 unspecified atom stereocenters. The molecule has 0 N–H and O–H groups in total. The summed E-state index contributed by atoms with van der Waals surface area (Å²) in [4.78, 5) is 0.791. The van der Waals surface area contributed by atoms with Crippen LogP contribution in [0, 0.1) is 13.8 Å². The topological polar surface area (TPSA) is 34.1 Å². The summed E-state index contributed by atoms with van der Waals surface area (Å²) in [5.41, 5.74) is 3.88. The van der Waals surface area contributed by atoms with E-state index in [9.17, 15) is 8.42 Å². The molecule has 0 saturated carbocycles. The quantitative estimate of drug-likeness (QED) is 0.687. The Morgan fingerprint density at radius 3 is 1.20 bits per heavy atom. The van der Waals surface area contributed by atoms with Gasteiger partial charge in [-0.3, -0.25) is 0 Å². The molecule has 3 heteroatoms. The molecule has 0 radical (unpaired) electrons. The Kier molecular flexibility index (Phi) is 4.95. The zero-order valence-electron chi connectivity index (χ0n) is 16.7. The third kappa shape index (κ3) is 3.98. The molecule has 0 heterocycles. The van der Waals surface area contributed by atoms with Gasteiger partial charge in [-0.15, -0.1) is 0 Å². The van der Waals surface area contributed by atoms with Gasteiger partial charge in [-0.2, -0.15) is 0 Å². The molecule has 0 fully saturated rings. The molecule has 0 aromatic heterocycles. The van der Waals surface area contributed by atoms with Crippen molar-refractivity contribution in [2.75, 3.05) is 0 Å². The van der Waals surface area contributed by atoms with Crippen LogP contribution in [0.4, 0.5) is 0 Å². The maximum absolute atomic E-state index is 13.2. The molecule has 0 bridgehead atoms. The van der Waals surface area contributed by atoms with Gasteiger partial charge in [0.25, 0.3) is 0 Å². The Morgan fingerprint density at radius 2 is 0.960 bits per heavy atom. The minimum absolute atomic E-state index is 0.00265. The van der Waals surface area contributed by atoms with Crippen LogP contribution in [0.25, 0.3) is 0 Å². The van der Waals surface area contributed by atoms with Crippen molar-refractivity contribution in [3.8, 4) is 0 Å². The fraction of sp³-hybridized carbons (Fsp3) is 0.455. The third-order valence-corrected chi connectivity index (χ3v) is 6.74. The Balaban J connectivity index is 2.57. The van der Waals surface area contributed by atoms with Crippen LogP contribution in [0.15, 0.2) is 46.2 Å². The fourth-order valence-corrected chi connectivity index (χ4v) is 4.65. The van der Waals surface area contributed by atoms with Gasteiger partial charge >= 0.3 is 0 Å². The smallest absolute Gasteiger partial charge is 0.207 e. The average Bonchev–Trinajstić information content (AvgIpc) is 2.44. The summed E-state index contributed by atoms with van der Waals surface area (Å²) < 4.78 is 26.4. The molecule has 25 heavy (non-hydrogen) atoms. The van der Waals surface area contributed by atoms with Crippen LogP contribution in [0.5, 0.6) is 0 Å². The highest BCUT2D eigenvalue weighted by atomic mass is 32.2. The van der Waals surface area contributed by atoms with Gasteiger partial charge < -0.3 is 0 Å². The molecule has 0 aliphatic carbocycles. The fourth-order valence-electron chi connectivity index (χ4n) is 2.95. The maximum Gasteiger partial charge on any atom is 0.207 e. The SMILES string of the molecule is Cc1cc(C(C)(C)C)ccc1S(=O)(=O)c1ccc(C(C)(C)C)cc1C. The van der Waals surface area contributed by atoms with Gasteiger partial charge in [-0.1, -0.05) is 65.8 Å². The first-order chi connectivity index (χ1) is 11.2. The van der Waals surface area contributed by atoms with Gasteiger partial charge in [0, 0.05) is 0 Å². The normalized spacial score (nSPS) is 13.1. The van der Waals surface area contributed by atoms with Gasteiger partial charge in [-0.25, -0.2) is 8.42 Å². The van der Waals surface area contributed by atoms with Crippen molar-refractivity contribution in [1.82, 2.24) is 0 Å². The summed E-state index contributed by atoms with van der Waals surface area (Å²) in [5, 5.41) is 0. The van der Waals surface area contributed by atoms with Gasteiger partial charge in [0.1, 0.15) is 0 Å². The average molecular weight is 359 g/mol. The zero-order chi connectivity index (χ0) is 19.2. The molecule has 2 nitrogen and oxygen atoms in total. The molecular formula is C22H30O2S. The third-order valence-electron chi connectivity index (χ3n) is 4.66. The molecule has 0 amide bonds. The van der Waals surface area contributed by atoms with Crippen molar-refractivity contribution in [1.29, 1.82) is 0 Å². The summed E-state index contributed by atoms with van der Waals surface area (Å²) in [7, 11) is -3.52. The van der Waals surface area contributed by atoms with E-state index in [0.717, 1.165) is 22.3 Å². The van der Waals surface area contributed by atoms with E-state index in [4.69, 9.17) is 0 Å². The number of sulfone groups is 1. The molecule has 136 valence electrons. The summed E-state index contributed by atoms with van der Waals surface area (Å²) in [6.07, 6.45) is 0. The van der Waals surface area contributed by atoms with Crippen molar-refractivity contribution < 1.29 is 8.42 Å². The Labute approximate surface area is 153 Å². The van der Waals surface area contributed by atoms with Gasteiger partial charge in [0.05, 0.1) is 9.79 Å². The van der Waals surface area contributed by atoms with Crippen LogP contribution in [0.2, 0.25) is 0 Å². The van der Waals surface area contributed by atoms with Crippen LogP contribution < -0.4 is 0 Å². The van der Waals surface area contributed by atoms with Gasteiger partial charge in [-0.05, 0) is 59.1 Å². The molecule has 2 rings (SSSR count). The van der Waals surface area contributed by atoms with E-state index in [2.05, 4.69) is 41.5 Å². The molecule has 0 aliphatic heterocycles. The monoisotopic (exact) mass is 358 g/mol. The Bertz CT molecular complexity index is 823. The predicted octanol–water partition coefficient (Wildman–Crippen LogP) is 5.73. The number of rotatable bonds is 2. The minimum Gasteiger partial charge on any atom is -0.218 e. The second-order valence-electron chi connectivity index (χ2n) is 8.96. The maximum atomic E-state index is 13.2. The first kappa shape index (κ1) is 19.7. The largest absolute Gasteiger partial charge is 0.218 e. The number of hydrogen-bond donors (Lipinski definition) is 0. The van der Waals surface area contributed by atoms with Crippen molar-refractivity contribution in [2.45, 2.75) is 76.0 Å². The lowest BCUT2D eigenvalue weighted by atomic mass is 9.86. The number of benzene rings is 2. The Hall–Kier alpha value is -1.61. The highest BCUT2D eigenvalue weighted by Gasteiger charge is 2.25. The summed E-state index contributed by atoms with van der Waals surface area (Å²) >= 11 is 0.